The van der Waals surface area contributed by atoms with Gasteiger partial charge in [0.25, 0.3) is 0 Å². The van der Waals surface area contributed by atoms with Crippen LogP contribution in [0.1, 0.15) is 5.56 Å². The van der Waals surface area contributed by atoms with E-state index in [1.165, 1.54) is 11.8 Å². The highest BCUT2D eigenvalue weighted by atomic mass is 79.9. The maximum Gasteiger partial charge on any atom is 0.171 e. The van der Waals surface area contributed by atoms with Crippen molar-refractivity contribution in [2.75, 3.05) is 7.11 Å². The van der Waals surface area contributed by atoms with Crippen molar-refractivity contribution in [2.45, 2.75) is 9.79 Å². The molecule has 0 fully saturated rings. The van der Waals surface area contributed by atoms with Crippen LogP contribution in [-0.2, 0) is 0 Å². The van der Waals surface area contributed by atoms with Crippen molar-refractivity contribution in [2.24, 2.45) is 10.9 Å². The smallest absolute Gasteiger partial charge is 0.171 e. The lowest BCUT2D eigenvalue weighted by molar-refractivity contribution is 0.318. The summed E-state index contributed by atoms with van der Waals surface area (Å²) >= 11 is 5.02. The molecule has 0 amide bonds. The van der Waals surface area contributed by atoms with Gasteiger partial charge in [0.2, 0.25) is 0 Å². The van der Waals surface area contributed by atoms with Crippen LogP contribution in [0.25, 0.3) is 0 Å². The summed E-state index contributed by atoms with van der Waals surface area (Å²) in [6.45, 7) is 0. The van der Waals surface area contributed by atoms with Gasteiger partial charge < -0.3 is 15.7 Å². The fourth-order valence-electron chi connectivity index (χ4n) is 1.63. The van der Waals surface area contributed by atoms with Gasteiger partial charge in [-0.05, 0) is 46.3 Å². The fourth-order valence-corrected chi connectivity index (χ4v) is 3.16. The molecule has 0 saturated carbocycles. The Labute approximate surface area is 129 Å². The first kappa shape index (κ1) is 14.7. The van der Waals surface area contributed by atoms with Crippen molar-refractivity contribution in [3.8, 4) is 5.75 Å². The van der Waals surface area contributed by atoms with Crippen molar-refractivity contribution >= 4 is 33.5 Å². The second kappa shape index (κ2) is 6.67. The van der Waals surface area contributed by atoms with Crippen molar-refractivity contribution in [3.63, 3.8) is 0 Å². The van der Waals surface area contributed by atoms with Crippen LogP contribution < -0.4 is 10.5 Å². The average Bonchev–Trinajstić information content (AvgIpc) is 2.48. The van der Waals surface area contributed by atoms with Gasteiger partial charge in [0.1, 0.15) is 5.75 Å². The van der Waals surface area contributed by atoms with E-state index in [0.29, 0.717) is 11.3 Å². The third-order valence-corrected chi connectivity index (χ3v) is 4.72. The molecule has 2 aromatic rings. The van der Waals surface area contributed by atoms with Crippen LogP contribution in [0.5, 0.6) is 5.75 Å². The zero-order chi connectivity index (χ0) is 14.5. The van der Waals surface area contributed by atoms with Crippen molar-refractivity contribution in [1.82, 2.24) is 0 Å². The molecule has 0 spiro atoms. The number of rotatable bonds is 4. The summed E-state index contributed by atoms with van der Waals surface area (Å²) < 4.78 is 6.21. The molecule has 6 heteroatoms. The molecule has 4 nitrogen and oxygen atoms in total. The number of methoxy groups -OCH3 is 1. The van der Waals surface area contributed by atoms with Gasteiger partial charge in [-0.2, -0.15) is 0 Å². The maximum atomic E-state index is 8.87. The standard InChI is InChI=1S/C14H13BrN2O2S/c1-19-9-6-7-10(14(16)17-18)13(8-9)20-12-5-3-2-4-11(12)15/h2-8,18H,1H3,(H2,16,17). The molecule has 104 valence electrons. The van der Waals surface area contributed by atoms with Crippen LogP contribution in [0.4, 0.5) is 0 Å². The molecular weight excluding hydrogens is 340 g/mol. The number of oxime groups is 1. The minimum absolute atomic E-state index is 0.0715. The van der Waals surface area contributed by atoms with Crippen LogP contribution in [0.2, 0.25) is 0 Å². The summed E-state index contributed by atoms with van der Waals surface area (Å²) in [4.78, 5) is 1.89. The zero-order valence-corrected chi connectivity index (χ0v) is 13.1. The van der Waals surface area contributed by atoms with E-state index in [0.717, 1.165) is 14.3 Å². The summed E-state index contributed by atoms with van der Waals surface area (Å²) in [5, 5.41) is 11.9. The minimum Gasteiger partial charge on any atom is -0.497 e. The number of ether oxygens (including phenoxy) is 1. The van der Waals surface area contributed by atoms with Crippen molar-refractivity contribution < 1.29 is 9.94 Å². The highest BCUT2D eigenvalue weighted by molar-refractivity contribution is 9.10. The van der Waals surface area contributed by atoms with E-state index in [9.17, 15) is 0 Å². The van der Waals surface area contributed by atoms with Gasteiger partial charge in [-0.1, -0.05) is 29.1 Å². The summed E-state index contributed by atoms with van der Waals surface area (Å²) in [6.07, 6.45) is 0. The van der Waals surface area contributed by atoms with Crippen LogP contribution in [0.3, 0.4) is 0 Å². The first-order valence-corrected chi connectivity index (χ1v) is 7.35. The first-order valence-electron chi connectivity index (χ1n) is 5.74. The first-order chi connectivity index (χ1) is 9.65. The number of benzene rings is 2. The Balaban J connectivity index is 2.46. The molecule has 0 aromatic heterocycles. The zero-order valence-electron chi connectivity index (χ0n) is 10.7. The molecule has 3 N–H and O–H groups in total. The Bertz CT molecular complexity index is 647. The summed E-state index contributed by atoms with van der Waals surface area (Å²) in [7, 11) is 1.60. The molecule has 0 atom stereocenters. The number of nitrogens with zero attached hydrogens (tertiary/aromatic N) is 1. The van der Waals surface area contributed by atoms with E-state index in [1.807, 2.05) is 30.3 Å². The molecule has 0 saturated heterocycles. The topological polar surface area (TPSA) is 67.8 Å². The fraction of sp³-hybridized carbons (Fsp3) is 0.0714. The summed E-state index contributed by atoms with van der Waals surface area (Å²) in [6, 6.07) is 13.3. The Hall–Kier alpha value is -1.66. The predicted molar refractivity (Wildman–Crippen MR) is 83.8 cm³/mol. The highest BCUT2D eigenvalue weighted by Crippen LogP contribution is 2.36. The quantitative estimate of drug-likeness (QED) is 0.381. The largest absolute Gasteiger partial charge is 0.497 e. The van der Waals surface area contributed by atoms with Gasteiger partial charge in [-0.15, -0.1) is 0 Å². The Kier molecular flexibility index (Phi) is 4.92. The van der Waals surface area contributed by atoms with Crippen LogP contribution >= 0.6 is 27.7 Å². The number of amidine groups is 1. The van der Waals surface area contributed by atoms with E-state index in [-0.39, 0.29) is 5.84 Å². The van der Waals surface area contributed by atoms with Gasteiger partial charge in [0.05, 0.1) is 7.11 Å². The van der Waals surface area contributed by atoms with Gasteiger partial charge >= 0.3 is 0 Å². The lowest BCUT2D eigenvalue weighted by atomic mass is 10.2. The summed E-state index contributed by atoms with van der Waals surface area (Å²) in [5.74, 6) is 0.788. The van der Waals surface area contributed by atoms with E-state index in [1.54, 1.807) is 19.2 Å². The summed E-state index contributed by atoms with van der Waals surface area (Å²) in [5.41, 5.74) is 6.37. The molecule has 0 heterocycles. The van der Waals surface area contributed by atoms with E-state index >= 15 is 0 Å². The van der Waals surface area contributed by atoms with Gasteiger partial charge in [0, 0.05) is 19.8 Å². The van der Waals surface area contributed by atoms with Gasteiger partial charge in [-0.3, -0.25) is 0 Å². The van der Waals surface area contributed by atoms with E-state index in [2.05, 4.69) is 21.1 Å². The van der Waals surface area contributed by atoms with E-state index in [4.69, 9.17) is 15.7 Å². The third-order valence-electron chi connectivity index (χ3n) is 2.63. The predicted octanol–water partition coefficient (Wildman–Crippen LogP) is 3.70. The average molecular weight is 353 g/mol. The second-order valence-electron chi connectivity index (χ2n) is 3.88. The highest BCUT2D eigenvalue weighted by Gasteiger charge is 2.11. The molecule has 0 bridgehead atoms. The number of nitrogens with two attached hydrogens (primary N) is 1. The SMILES string of the molecule is COc1ccc(/C(N)=N/O)c(Sc2ccccc2Br)c1. The molecule has 0 unspecified atom stereocenters. The molecule has 20 heavy (non-hydrogen) atoms. The molecule has 2 aromatic carbocycles. The van der Waals surface area contributed by atoms with Crippen molar-refractivity contribution in [1.29, 1.82) is 0 Å². The molecule has 2 rings (SSSR count). The van der Waals surface area contributed by atoms with Crippen molar-refractivity contribution in [3.05, 3.63) is 52.5 Å². The third kappa shape index (κ3) is 3.26. The molecular formula is C14H13BrN2O2S. The van der Waals surface area contributed by atoms with Gasteiger partial charge in [0.15, 0.2) is 5.84 Å². The molecule has 0 aliphatic heterocycles. The number of hydrogen-bond acceptors (Lipinski definition) is 4. The lowest BCUT2D eigenvalue weighted by Gasteiger charge is -2.11. The molecule has 0 radical (unpaired) electrons. The van der Waals surface area contributed by atoms with Crippen LogP contribution in [0, 0.1) is 0 Å². The Morgan fingerprint density at radius 1 is 1.25 bits per heavy atom. The number of hydrogen-bond donors (Lipinski definition) is 2. The maximum absolute atomic E-state index is 8.87. The van der Waals surface area contributed by atoms with Crippen LogP contribution in [0.15, 0.2) is 61.9 Å². The Morgan fingerprint density at radius 3 is 2.65 bits per heavy atom. The van der Waals surface area contributed by atoms with Crippen LogP contribution in [-0.4, -0.2) is 18.2 Å². The second-order valence-corrected chi connectivity index (χ2v) is 5.82. The molecule has 0 aliphatic rings. The number of halogens is 1. The van der Waals surface area contributed by atoms with E-state index < -0.39 is 0 Å². The minimum atomic E-state index is 0.0715. The van der Waals surface area contributed by atoms with Gasteiger partial charge in [-0.25, -0.2) is 0 Å². The Morgan fingerprint density at radius 2 is 2.00 bits per heavy atom. The monoisotopic (exact) mass is 352 g/mol. The molecule has 0 aliphatic carbocycles. The lowest BCUT2D eigenvalue weighted by Crippen LogP contribution is -2.14. The normalized spacial score (nSPS) is 11.4.